The molecule has 82 valence electrons. The van der Waals surface area contributed by atoms with E-state index in [4.69, 9.17) is 9.84 Å². The van der Waals surface area contributed by atoms with Crippen molar-refractivity contribution in [2.45, 2.75) is 37.9 Å². The molecule has 6 nitrogen and oxygen atoms in total. The third kappa shape index (κ3) is 2.65. The molecule has 0 aliphatic carbocycles. The van der Waals surface area contributed by atoms with Gasteiger partial charge in [0, 0.05) is 13.3 Å². The van der Waals surface area contributed by atoms with Crippen molar-refractivity contribution >= 4 is 5.91 Å². The van der Waals surface area contributed by atoms with E-state index in [-0.39, 0.29) is 18.9 Å². The Bertz CT molecular complexity index is 198. The van der Waals surface area contributed by atoms with Crippen molar-refractivity contribution in [2.24, 2.45) is 0 Å². The highest BCUT2D eigenvalue weighted by Gasteiger charge is 2.36. The first-order valence-electron chi connectivity index (χ1n) is 4.44. The van der Waals surface area contributed by atoms with E-state index in [0.717, 1.165) is 0 Å². The van der Waals surface area contributed by atoms with Crippen molar-refractivity contribution in [3.63, 3.8) is 0 Å². The summed E-state index contributed by atoms with van der Waals surface area (Å²) in [7, 11) is 0. The third-order valence-electron chi connectivity index (χ3n) is 2.13. The smallest absolute Gasteiger partial charge is 0.217 e. The van der Waals surface area contributed by atoms with Crippen LogP contribution in [0.1, 0.15) is 13.3 Å². The first-order valence-corrected chi connectivity index (χ1v) is 4.44. The van der Waals surface area contributed by atoms with E-state index in [2.05, 4.69) is 5.32 Å². The summed E-state index contributed by atoms with van der Waals surface area (Å²) in [6.07, 6.45) is -2.57. The molecule has 1 rings (SSSR count). The van der Waals surface area contributed by atoms with Crippen LogP contribution in [-0.2, 0) is 9.53 Å². The van der Waals surface area contributed by atoms with Crippen molar-refractivity contribution in [2.75, 3.05) is 6.61 Å². The summed E-state index contributed by atoms with van der Waals surface area (Å²) in [6, 6.07) is -0.824. The Morgan fingerprint density at radius 2 is 2.21 bits per heavy atom. The topological polar surface area (TPSA) is 99.0 Å². The van der Waals surface area contributed by atoms with Crippen molar-refractivity contribution in [3.8, 4) is 0 Å². The zero-order chi connectivity index (χ0) is 10.7. The molecule has 0 aromatic heterocycles. The molecule has 1 saturated heterocycles. The number of amides is 1. The maximum absolute atomic E-state index is 10.7. The van der Waals surface area contributed by atoms with Gasteiger partial charge in [-0.15, -0.1) is 0 Å². The Morgan fingerprint density at radius 3 is 2.64 bits per heavy atom. The molecule has 4 atom stereocenters. The number of aliphatic hydroxyl groups is 3. The predicted molar refractivity (Wildman–Crippen MR) is 46.2 cm³/mol. The van der Waals surface area contributed by atoms with Crippen molar-refractivity contribution < 1.29 is 24.9 Å². The van der Waals surface area contributed by atoms with Gasteiger partial charge in [0.25, 0.3) is 0 Å². The SMILES string of the molecule is CC(=O)NC1C(O)CC(CO)OC1O. The average molecular weight is 205 g/mol. The number of ether oxygens (including phenoxy) is 1. The van der Waals surface area contributed by atoms with E-state index in [1.54, 1.807) is 0 Å². The molecule has 1 aliphatic heterocycles. The number of carbonyl (C=O) groups excluding carboxylic acids is 1. The summed E-state index contributed by atoms with van der Waals surface area (Å²) in [4.78, 5) is 10.7. The summed E-state index contributed by atoms with van der Waals surface area (Å²) >= 11 is 0. The van der Waals surface area contributed by atoms with Crippen LogP contribution in [0, 0.1) is 0 Å². The van der Waals surface area contributed by atoms with Gasteiger partial charge < -0.3 is 25.4 Å². The van der Waals surface area contributed by atoms with Gasteiger partial charge in [0.15, 0.2) is 6.29 Å². The van der Waals surface area contributed by atoms with Gasteiger partial charge in [-0.25, -0.2) is 0 Å². The second-order valence-electron chi connectivity index (χ2n) is 3.36. The van der Waals surface area contributed by atoms with Gasteiger partial charge in [0.05, 0.1) is 18.8 Å². The van der Waals surface area contributed by atoms with Crippen LogP contribution in [-0.4, -0.2) is 52.4 Å². The molecule has 0 radical (unpaired) electrons. The van der Waals surface area contributed by atoms with Crippen LogP contribution in [0.5, 0.6) is 0 Å². The highest BCUT2D eigenvalue weighted by molar-refractivity contribution is 5.73. The Balaban J connectivity index is 2.55. The molecule has 0 saturated carbocycles. The molecule has 4 N–H and O–H groups in total. The van der Waals surface area contributed by atoms with E-state index in [9.17, 15) is 15.0 Å². The summed E-state index contributed by atoms with van der Waals surface area (Å²) in [5, 5.41) is 30.0. The van der Waals surface area contributed by atoms with Crippen LogP contribution in [0.2, 0.25) is 0 Å². The Kier molecular flexibility index (Phi) is 3.82. The maximum atomic E-state index is 10.7. The van der Waals surface area contributed by atoms with Crippen molar-refractivity contribution in [3.05, 3.63) is 0 Å². The summed E-state index contributed by atoms with van der Waals surface area (Å²) in [6.45, 7) is 1.03. The van der Waals surface area contributed by atoms with Crippen LogP contribution >= 0.6 is 0 Å². The number of hydrogen-bond acceptors (Lipinski definition) is 5. The molecular formula is C8H15NO5. The average Bonchev–Trinajstić information content (AvgIpc) is 2.10. The molecule has 0 bridgehead atoms. The van der Waals surface area contributed by atoms with Gasteiger partial charge in [-0.2, -0.15) is 0 Å². The minimum Gasteiger partial charge on any atom is -0.394 e. The van der Waals surface area contributed by atoms with Crippen LogP contribution < -0.4 is 5.32 Å². The molecule has 1 aliphatic rings. The number of rotatable bonds is 2. The zero-order valence-electron chi connectivity index (χ0n) is 7.88. The molecule has 4 unspecified atom stereocenters. The second-order valence-corrected chi connectivity index (χ2v) is 3.36. The lowest BCUT2D eigenvalue weighted by molar-refractivity contribution is -0.214. The lowest BCUT2D eigenvalue weighted by Gasteiger charge is -2.36. The highest BCUT2D eigenvalue weighted by atomic mass is 16.6. The minimum absolute atomic E-state index is 0.193. The molecule has 1 fully saturated rings. The highest BCUT2D eigenvalue weighted by Crippen LogP contribution is 2.18. The van der Waals surface area contributed by atoms with E-state index in [1.165, 1.54) is 6.92 Å². The molecule has 14 heavy (non-hydrogen) atoms. The number of hydrogen-bond donors (Lipinski definition) is 4. The first kappa shape index (κ1) is 11.4. The standard InChI is InChI=1S/C8H15NO5/c1-4(11)9-7-6(12)2-5(3-10)14-8(7)13/h5-8,10,12-13H,2-3H2,1H3,(H,9,11). The number of nitrogens with one attached hydrogen (secondary N) is 1. The van der Waals surface area contributed by atoms with Gasteiger partial charge >= 0.3 is 0 Å². The van der Waals surface area contributed by atoms with E-state index >= 15 is 0 Å². The molecule has 1 heterocycles. The van der Waals surface area contributed by atoms with Gasteiger partial charge in [-0.3, -0.25) is 4.79 Å². The van der Waals surface area contributed by atoms with Crippen LogP contribution in [0.3, 0.4) is 0 Å². The van der Waals surface area contributed by atoms with Gasteiger partial charge in [0.2, 0.25) is 5.91 Å². The Morgan fingerprint density at radius 1 is 1.57 bits per heavy atom. The van der Waals surface area contributed by atoms with E-state index < -0.39 is 24.5 Å². The fourth-order valence-electron chi connectivity index (χ4n) is 1.46. The van der Waals surface area contributed by atoms with Crippen LogP contribution in [0.25, 0.3) is 0 Å². The van der Waals surface area contributed by atoms with Crippen molar-refractivity contribution in [1.29, 1.82) is 0 Å². The molecule has 1 amide bonds. The first-order chi connectivity index (χ1) is 6.54. The summed E-state index contributed by atoms with van der Waals surface area (Å²) in [5.41, 5.74) is 0. The fourth-order valence-corrected chi connectivity index (χ4v) is 1.46. The fraction of sp³-hybridized carbons (Fsp3) is 0.875. The second kappa shape index (κ2) is 4.70. The van der Waals surface area contributed by atoms with Crippen molar-refractivity contribution in [1.82, 2.24) is 5.32 Å². The monoisotopic (exact) mass is 205 g/mol. The number of carbonyl (C=O) groups is 1. The van der Waals surface area contributed by atoms with E-state index in [1.807, 2.05) is 0 Å². The summed E-state index contributed by atoms with van der Waals surface area (Å²) < 4.78 is 4.95. The molecule has 0 aromatic carbocycles. The predicted octanol–water partition coefficient (Wildman–Crippen LogP) is -2.05. The van der Waals surface area contributed by atoms with Crippen LogP contribution in [0.4, 0.5) is 0 Å². The quantitative estimate of drug-likeness (QED) is 0.416. The van der Waals surface area contributed by atoms with Gasteiger partial charge in [0.1, 0.15) is 6.04 Å². The summed E-state index contributed by atoms with van der Waals surface area (Å²) in [5.74, 6) is -0.348. The van der Waals surface area contributed by atoms with E-state index in [0.29, 0.717) is 0 Å². The lowest BCUT2D eigenvalue weighted by Crippen LogP contribution is -2.57. The zero-order valence-corrected chi connectivity index (χ0v) is 7.88. The number of aliphatic hydroxyl groups excluding tert-OH is 3. The van der Waals surface area contributed by atoms with Gasteiger partial charge in [-0.05, 0) is 0 Å². The van der Waals surface area contributed by atoms with Crippen LogP contribution in [0.15, 0.2) is 0 Å². The molecule has 0 aromatic rings. The Labute approximate surface area is 81.5 Å². The molecule has 6 heteroatoms. The molecular weight excluding hydrogens is 190 g/mol. The normalized spacial score (nSPS) is 38.0. The maximum Gasteiger partial charge on any atom is 0.217 e. The third-order valence-corrected chi connectivity index (χ3v) is 2.13. The lowest BCUT2D eigenvalue weighted by atomic mass is 10.0. The Hall–Kier alpha value is -0.690. The minimum atomic E-state index is -1.28. The van der Waals surface area contributed by atoms with Gasteiger partial charge in [-0.1, -0.05) is 0 Å². The largest absolute Gasteiger partial charge is 0.394 e. The molecule has 0 spiro atoms.